The van der Waals surface area contributed by atoms with Gasteiger partial charge in [0.1, 0.15) is 11.5 Å². The SMILES string of the molecule is Cc1cccc(-c2cccc(Oc3cccc(C4(c5ccccn5)c5cc(C(C)(C)C)ccc5-c5ccc(C(C)(C)C)cc54)c3)c2)n1. The van der Waals surface area contributed by atoms with E-state index in [1.807, 2.05) is 55.6 Å². The minimum absolute atomic E-state index is 0.0155. The van der Waals surface area contributed by atoms with Crippen molar-refractivity contribution < 1.29 is 4.74 Å². The van der Waals surface area contributed by atoms with Gasteiger partial charge in [-0.3, -0.25) is 9.97 Å². The molecular formula is C44H42N2O. The second-order valence-electron chi connectivity index (χ2n) is 14.8. The fraction of sp³-hybridized carbons (Fsp3) is 0.227. The summed E-state index contributed by atoms with van der Waals surface area (Å²) >= 11 is 0. The first-order valence-corrected chi connectivity index (χ1v) is 16.5. The van der Waals surface area contributed by atoms with Crippen molar-refractivity contribution in [2.45, 2.75) is 64.7 Å². The highest BCUT2D eigenvalue weighted by molar-refractivity contribution is 5.86. The average Bonchev–Trinajstić information content (AvgIpc) is 3.35. The molecule has 0 atom stereocenters. The van der Waals surface area contributed by atoms with Gasteiger partial charge in [-0.15, -0.1) is 0 Å². The number of hydrogen-bond acceptors (Lipinski definition) is 3. The molecule has 47 heavy (non-hydrogen) atoms. The number of fused-ring (bicyclic) bond motifs is 3. The Morgan fingerprint density at radius 2 is 1.19 bits per heavy atom. The first-order valence-electron chi connectivity index (χ1n) is 16.5. The van der Waals surface area contributed by atoms with Crippen LogP contribution >= 0.6 is 0 Å². The Bertz CT molecular complexity index is 2030. The Kier molecular flexibility index (Phi) is 7.39. The molecule has 0 saturated carbocycles. The van der Waals surface area contributed by atoms with Crippen molar-refractivity contribution in [2.24, 2.45) is 0 Å². The topological polar surface area (TPSA) is 35.0 Å². The number of hydrogen-bond donors (Lipinski definition) is 0. The van der Waals surface area contributed by atoms with E-state index in [-0.39, 0.29) is 10.8 Å². The predicted octanol–water partition coefficient (Wildman–Crippen LogP) is 11.2. The van der Waals surface area contributed by atoms with Gasteiger partial charge in [-0.05, 0) is 105 Å². The summed E-state index contributed by atoms with van der Waals surface area (Å²) in [4.78, 5) is 9.84. The van der Waals surface area contributed by atoms with Gasteiger partial charge < -0.3 is 4.74 Å². The molecule has 234 valence electrons. The molecule has 4 aromatic carbocycles. The number of rotatable bonds is 5. The summed E-state index contributed by atoms with van der Waals surface area (Å²) in [5, 5.41) is 0. The third kappa shape index (κ3) is 5.44. The van der Waals surface area contributed by atoms with Crippen LogP contribution in [0.3, 0.4) is 0 Å². The lowest BCUT2D eigenvalue weighted by molar-refractivity contribution is 0.481. The smallest absolute Gasteiger partial charge is 0.128 e. The number of nitrogens with zero attached hydrogens (tertiary/aromatic N) is 2. The molecule has 1 aliphatic rings. The maximum Gasteiger partial charge on any atom is 0.128 e. The van der Waals surface area contributed by atoms with Crippen molar-refractivity contribution in [3.63, 3.8) is 0 Å². The van der Waals surface area contributed by atoms with Crippen molar-refractivity contribution in [3.05, 3.63) is 167 Å². The number of aryl methyl sites for hydroxylation is 1. The molecule has 0 saturated heterocycles. The van der Waals surface area contributed by atoms with Gasteiger partial charge in [0.05, 0.1) is 16.8 Å². The summed E-state index contributed by atoms with van der Waals surface area (Å²) in [6.45, 7) is 15.7. The zero-order chi connectivity index (χ0) is 33.0. The molecule has 2 heterocycles. The summed E-state index contributed by atoms with van der Waals surface area (Å²) in [7, 11) is 0. The number of pyridine rings is 2. The number of benzene rings is 4. The van der Waals surface area contributed by atoms with Gasteiger partial charge in [-0.25, -0.2) is 0 Å². The Labute approximate surface area is 279 Å². The maximum absolute atomic E-state index is 6.64. The highest BCUT2D eigenvalue weighted by Crippen LogP contribution is 2.57. The molecule has 0 unspecified atom stereocenters. The molecule has 3 heteroatoms. The Hall–Kier alpha value is -5.02. The van der Waals surface area contributed by atoms with E-state index >= 15 is 0 Å². The van der Waals surface area contributed by atoms with Crippen LogP contribution < -0.4 is 4.74 Å². The van der Waals surface area contributed by atoms with Gasteiger partial charge in [0, 0.05) is 17.5 Å². The summed E-state index contributed by atoms with van der Waals surface area (Å²) in [6, 6.07) is 43.2. The van der Waals surface area contributed by atoms with E-state index < -0.39 is 5.41 Å². The fourth-order valence-corrected chi connectivity index (χ4v) is 6.93. The molecule has 0 bridgehead atoms. The van der Waals surface area contributed by atoms with Crippen LogP contribution in [0.2, 0.25) is 0 Å². The van der Waals surface area contributed by atoms with Crippen molar-refractivity contribution >= 4 is 0 Å². The normalized spacial score (nSPS) is 13.6. The minimum atomic E-state index is -0.638. The first-order chi connectivity index (χ1) is 22.4. The summed E-state index contributed by atoms with van der Waals surface area (Å²) in [5.41, 5.74) is 12.0. The molecule has 2 aromatic heterocycles. The third-order valence-electron chi connectivity index (χ3n) is 9.44. The zero-order valence-corrected chi connectivity index (χ0v) is 28.4. The average molecular weight is 615 g/mol. The third-order valence-corrected chi connectivity index (χ3v) is 9.44. The quantitative estimate of drug-likeness (QED) is 0.193. The number of aromatic nitrogens is 2. The first kappa shape index (κ1) is 30.6. The summed E-state index contributed by atoms with van der Waals surface area (Å²) < 4.78 is 6.64. The van der Waals surface area contributed by atoms with E-state index in [2.05, 4.69) is 120 Å². The highest BCUT2D eigenvalue weighted by Gasteiger charge is 2.48. The van der Waals surface area contributed by atoms with E-state index in [1.54, 1.807) is 0 Å². The van der Waals surface area contributed by atoms with E-state index in [0.29, 0.717) is 0 Å². The summed E-state index contributed by atoms with van der Waals surface area (Å²) in [6.07, 6.45) is 1.92. The van der Waals surface area contributed by atoms with Gasteiger partial charge >= 0.3 is 0 Å². The molecule has 0 amide bonds. The van der Waals surface area contributed by atoms with Gasteiger partial charge in [-0.2, -0.15) is 0 Å². The van der Waals surface area contributed by atoms with Crippen LogP contribution in [0.1, 0.15) is 80.7 Å². The summed E-state index contributed by atoms with van der Waals surface area (Å²) in [5.74, 6) is 1.55. The lowest BCUT2D eigenvalue weighted by Crippen LogP contribution is -2.30. The van der Waals surface area contributed by atoms with Crippen LogP contribution in [0.4, 0.5) is 0 Å². The monoisotopic (exact) mass is 614 g/mol. The molecule has 0 radical (unpaired) electrons. The van der Waals surface area contributed by atoms with Crippen LogP contribution in [0.25, 0.3) is 22.4 Å². The van der Waals surface area contributed by atoms with Crippen LogP contribution in [0, 0.1) is 6.92 Å². The molecule has 6 aromatic rings. The molecule has 1 aliphatic carbocycles. The van der Waals surface area contributed by atoms with E-state index in [0.717, 1.165) is 39.7 Å². The molecular weight excluding hydrogens is 572 g/mol. The molecule has 0 N–H and O–H groups in total. The van der Waals surface area contributed by atoms with Gasteiger partial charge in [0.2, 0.25) is 0 Å². The van der Waals surface area contributed by atoms with E-state index in [4.69, 9.17) is 14.7 Å². The van der Waals surface area contributed by atoms with Crippen molar-refractivity contribution in [1.29, 1.82) is 0 Å². The predicted molar refractivity (Wildman–Crippen MR) is 193 cm³/mol. The largest absolute Gasteiger partial charge is 0.457 e. The lowest BCUT2D eigenvalue weighted by atomic mass is 9.68. The van der Waals surface area contributed by atoms with Crippen LogP contribution in [-0.4, -0.2) is 9.97 Å². The molecule has 7 rings (SSSR count). The van der Waals surface area contributed by atoms with Crippen molar-refractivity contribution in [2.75, 3.05) is 0 Å². The zero-order valence-electron chi connectivity index (χ0n) is 28.4. The Morgan fingerprint density at radius 3 is 1.79 bits per heavy atom. The van der Waals surface area contributed by atoms with Crippen LogP contribution in [-0.2, 0) is 16.2 Å². The fourth-order valence-electron chi connectivity index (χ4n) is 6.93. The standard InChI is InChI=1S/C44H42N2O/c1-29-13-10-18-40(46-29)30-14-11-16-34(25-30)47-35-17-12-15-33(26-35)44(41-19-8-9-24-45-41)38-27-31(42(2,3)4)20-22-36(38)37-23-21-32(28-39(37)44)43(5,6)7/h8-28H,1-7H3. The van der Waals surface area contributed by atoms with Gasteiger partial charge in [-0.1, -0.05) is 114 Å². The van der Waals surface area contributed by atoms with Gasteiger partial charge in [0.15, 0.2) is 0 Å². The Balaban J connectivity index is 1.45. The van der Waals surface area contributed by atoms with Crippen LogP contribution in [0.15, 0.2) is 128 Å². The molecule has 0 fully saturated rings. The number of ether oxygens (including phenoxy) is 1. The minimum Gasteiger partial charge on any atom is -0.457 e. The van der Waals surface area contributed by atoms with Crippen molar-refractivity contribution in [1.82, 2.24) is 9.97 Å². The van der Waals surface area contributed by atoms with Crippen molar-refractivity contribution in [3.8, 4) is 33.9 Å². The second-order valence-corrected chi connectivity index (χ2v) is 14.8. The van der Waals surface area contributed by atoms with E-state index in [1.165, 1.54) is 33.4 Å². The van der Waals surface area contributed by atoms with E-state index in [9.17, 15) is 0 Å². The highest BCUT2D eigenvalue weighted by atomic mass is 16.5. The maximum atomic E-state index is 6.64. The van der Waals surface area contributed by atoms with Crippen LogP contribution in [0.5, 0.6) is 11.5 Å². The Morgan fingerprint density at radius 1 is 0.574 bits per heavy atom. The second kappa shape index (κ2) is 11.3. The van der Waals surface area contributed by atoms with Gasteiger partial charge in [0.25, 0.3) is 0 Å². The molecule has 0 spiro atoms. The molecule has 0 aliphatic heterocycles. The molecule has 3 nitrogen and oxygen atoms in total. The lowest BCUT2D eigenvalue weighted by Gasteiger charge is -2.34.